The van der Waals surface area contributed by atoms with Crippen molar-refractivity contribution < 1.29 is 13.2 Å². The first-order valence-corrected chi connectivity index (χ1v) is 7.34. The molecule has 1 aromatic heterocycles. The Labute approximate surface area is 113 Å². The van der Waals surface area contributed by atoms with Crippen molar-refractivity contribution in [2.24, 2.45) is 5.73 Å². The normalized spacial score (nSPS) is 23.3. The van der Waals surface area contributed by atoms with Crippen molar-refractivity contribution in [1.82, 2.24) is 4.98 Å². The highest BCUT2D eigenvalue weighted by molar-refractivity contribution is 7.15. The van der Waals surface area contributed by atoms with Crippen LogP contribution in [0.3, 0.4) is 0 Å². The Morgan fingerprint density at radius 2 is 2.05 bits per heavy atom. The number of aromatic nitrogens is 1. The summed E-state index contributed by atoms with van der Waals surface area (Å²) in [6.07, 6.45) is 0.178. The summed E-state index contributed by atoms with van der Waals surface area (Å²) in [7, 11) is 0. The maximum absolute atomic E-state index is 12.7. The van der Waals surface area contributed by atoms with Crippen LogP contribution in [0.25, 0.3) is 0 Å². The summed E-state index contributed by atoms with van der Waals surface area (Å²) in [5.41, 5.74) is 6.92. The van der Waals surface area contributed by atoms with E-state index in [1.54, 1.807) is 0 Å². The topological polar surface area (TPSA) is 42.1 Å². The zero-order valence-electron chi connectivity index (χ0n) is 10.4. The molecular formula is C12H16F3N3S. The van der Waals surface area contributed by atoms with Crippen molar-refractivity contribution >= 4 is 16.5 Å². The minimum Gasteiger partial charge on any atom is -0.336 e. The molecule has 1 aromatic rings. The van der Waals surface area contributed by atoms with E-state index in [4.69, 9.17) is 5.73 Å². The fourth-order valence-corrected chi connectivity index (χ4v) is 3.71. The van der Waals surface area contributed by atoms with Gasteiger partial charge in [-0.25, -0.2) is 4.98 Å². The SMILES string of the molecule is NC1CCCc2nc(N(CC(F)(F)F)C3CC3)sc21. The summed E-state index contributed by atoms with van der Waals surface area (Å²) in [5.74, 6) is 0. The molecule has 1 unspecified atom stereocenters. The first-order chi connectivity index (χ1) is 8.94. The van der Waals surface area contributed by atoms with Gasteiger partial charge in [0.15, 0.2) is 5.13 Å². The summed E-state index contributed by atoms with van der Waals surface area (Å²) in [6, 6.07) is -0.0487. The van der Waals surface area contributed by atoms with E-state index in [2.05, 4.69) is 4.98 Å². The highest BCUT2D eigenvalue weighted by Crippen LogP contribution is 2.41. The fraction of sp³-hybridized carbons (Fsp3) is 0.750. The molecule has 1 heterocycles. The van der Waals surface area contributed by atoms with Gasteiger partial charge in [-0.3, -0.25) is 0 Å². The second kappa shape index (κ2) is 4.63. The summed E-state index contributed by atoms with van der Waals surface area (Å²) in [6.45, 7) is -0.903. The van der Waals surface area contributed by atoms with Crippen LogP contribution < -0.4 is 10.6 Å². The van der Waals surface area contributed by atoms with Gasteiger partial charge in [-0.15, -0.1) is 0 Å². The quantitative estimate of drug-likeness (QED) is 0.931. The van der Waals surface area contributed by atoms with Gasteiger partial charge in [0.05, 0.1) is 5.69 Å². The predicted molar refractivity (Wildman–Crippen MR) is 68.4 cm³/mol. The molecular weight excluding hydrogens is 275 g/mol. The molecule has 3 nitrogen and oxygen atoms in total. The molecule has 1 atom stereocenters. The monoisotopic (exact) mass is 291 g/mol. The van der Waals surface area contributed by atoms with E-state index in [1.165, 1.54) is 16.2 Å². The average molecular weight is 291 g/mol. The molecule has 7 heteroatoms. The first-order valence-electron chi connectivity index (χ1n) is 6.52. The van der Waals surface area contributed by atoms with Gasteiger partial charge in [-0.1, -0.05) is 11.3 Å². The van der Waals surface area contributed by atoms with Crippen LogP contribution >= 0.6 is 11.3 Å². The number of nitrogens with zero attached hydrogens (tertiary/aromatic N) is 2. The Balaban J connectivity index is 1.86. The Bertz CT molecular complexity index is 467. The van der Waals surface area contributed by atoms with E-state index >= 15 is 0 Å². The Morgan fingerprint density at radius 1 is 1.32 bits per heavy atom. The molecule has 2 aliphatic carbocycles. The van der Waals surface area contributed by atoms with E-state index in [1.807, 2.05) is 0 Å². The van der Waals surface area contributed by atoms with Gasteiger partial charge in [-0.05, 0) is 32.1 Å². The van der Waals surface area contributed by atoms with Crippen LogP contribution in [0.15, 0.2) is 0 Å². The maximum atomic E-state index is 12.7. The van der Waals surface area contributed by atoms with E-state index in [-0.39, 0.29) is 12.1 Å². The summed E-state index contributed by atoms with van der Waals surface area (Å²) in [4.78, 5) is 6.80. The van der Waals surface area contributed by atoms with Crippen LogP contribution in [0.2, 0.25) is 0 Å². The average Bonchev–Trinajstić information content (AvgIpc) is 3.04. The van der Waals surface area contributed by atoms with Crippen molar-refractivity contribution in [2.45, 2.75) is 50.4 Å². The van der Waals surface area contributed by atoms with Crippen LogP contribution in [0, 0.1) is 0 Å². The van der Waals surface area contributed by atoms with Crippen molar-refractivity contribution in [1.29, 1.82) is 0 Å². The van der Waals surface area contributed by atoms with E-state index < -0.39 is 12.7 Å². The van der Waals surface area contributed by atoms with Gasteiger partial charge in [0, 0.05) is 17.0 Å². The number of halogens is 3. The molecule has 106 valence electrons. The zero-order valence-corrected chi connectivity index (χ0v) is 11.2. The fourth-order valence-electron chi connectivity index (χ4n) is 2.50. The number of aryl methyl sites for hydroxylation is 1. The molecule has 0 radical (unpaired) electrons. The Kier molecular flexibility index (Phi) is 3.21. The van der Waals surface area contributed by atoms with Crippen LogP contribution in [-0.2, 0) is 6.42 Å². The number of nitrogens with two attached hydrogens (primary N) is 1. The number of hydrogen-bond acceptors (Lipinski definition) is 4. The largest absolute Gasteiger partial charge is 0.406 e. The Morgan fingerprint density at radius 3 is 2.63 bits per heavy atom. The summed E-state index contributed by atoms with van der Waals surface area (Å²) in [5, 5.41) is 0.502. The van der Waals surface area contributed by atoms with E-state index in [0.717, 1.165) is 42.7 Å². The van der Waals surface area contributed by atoms with E-state index in [9.17, 15) is 13.2 Å². The second-order valence-corrected chi connectivity index (χ2v) is 6.29. The molecule has 0 aromatic carbocycles. The smallest absolute Gasteiger partial charge is 0.336 e. The number of rotatable bonds is 3. The molecule has 0 saturated heterocycles. The summed E-state index contributed by atoms with van der Waals surface area (Å²) < 4.78 is 38.0. The zero-order chi connectivity index (χ0) is 13.6. The van der Waals surface area contributed by atoms with Gasteiger partial charge < -0.3 is 10.6 Å². The molecule has 2 N–H and O–H groups in total. The standard InChI is InChI=1S/C12H16F3N3S/c13-12(14,15)6-18(7-4-5-7)11-17-9-3-1-2-8(16)10(9)19-11/h7-8H,1-6,16H2. The van der Waals surface area contributed by atoms with Crippen molar-refractivity contribution in [3.05, 3.63) is 10.6 Å². The van der Waals surface area contributed by atoms with Crippen molar-refractivity contribution in [2.75, 3.05) is 11.4 Å². The van der Waals surface area contributed by atoms with Gasteiger partial charge >= 0.3 is 6.18 Å². The van der Waals surface area contributed by atoms with Gasteiger partial charge in [-0.2, -0.15) is 13.2 Å². The second-order valence-electron chi connectivity index (χ2n) is 5.28. The lowest BCUT2D eigenvalue weighted by atomic mass is 9.99. The molecule has 0 amide bonds. The minimum atomic E-state index is -4.18. The van der Waals surface area contributed by atoms with Gasteiger partial charge in [0.1, 0.15) is 6.54 Å². The molecule has 19 heavy (non-hydrogen) atoms. The molecule has 2 aliphatic rings. The number of fused-ring (bicyclic) bond motifs is 1. The van der Waals surface area contributed by atoms with Crippen molar-refractivity contribution in [3.63, 3.8) is 0 Å². The van der Waals surface area contributed by atoms with Crippen molar-refractivity contribution in [3.8, 4) is 0 Å². The van der Waals surface area contributed by atoms with Crippen LogP contribution in [0.4, 0.5) is 18.3 Å². The van der Waals surface area contributed by atoms with Crippen LogP contribution in [0.5, 0.6) is 0 Å². The number of alkyl halides is 3. The third-order valence-corrected chi connectivity index (χ3v) is 4.83. The highest BCUT2D eigenvalue weighted by Gasteiger charge is 2.40. The lowest BCUT2D eigenvalue weighted by Gasteiger charge is -2.22. The third-order valence-electron chi connectivity index (χ3n) is 3.56. The molecule has 0 spiro atoms. The number of anilines is 1. The van der Waals surface area contributed by atoms with E-state index in [0.29, 0.717) is 5.13 Å². The first kappa shape index (κ1) is 13.2. The lowest BCUT2D eigenvalue weighted by Crippen LogP contribution is -2.35. The third kappa shape index (κ3) is 2.86. The van der Waals surface area contributed by atoms with Crippen LogP contribution in [-0.4, -0.2) is 23.7 Å². The van der Waals surface area contributed by atoms with Gasteiger partial charge in [0.25, 0.3) is 0 Å². The predicted octanol–water partition coefficient (Wildman–Crippen LogP) is 3.01. The number of thiazole rings is 1. The highest BCUT2D eigenvalue weighted by atomic mass is 32.1. The molecule has 1 fully saturated rings. The van der Waals surface area contributed by atoms with Gasteiger partial charge in [0.2, 0.25) is 0 Å². The number of hydrogen-bond donors (Lipinski definition) is 1. The molecule has 0 bridgehead atoms. The van der Waals surface area contributed by atoms with Crippen LogP contribution in [0.1, 0.15) is 42.3 Å². The maximum Gasteiger partial charge on any atom is 0.406 e. The summed E-state index contributed by atoms with van der Waals surface area (Å²) >= 11 is 1.35. The lowest BCUT2D eigenvalue weighted by molar-refractivity contribution is -0.120. The molecule has 0 aliphatic heterocycles. The minimum absolute atomic E-state index is 0.00505. The molecule has 3 rings (SSSR count). The Hall–Kier alpha value is -0.820. The molecule has 1 saturated carbocycles.